The van der Waals surface area contributed by atoms with Crippen molar-refractivity contribution in [2.45, 2.75) is 31.7 Å². The predicted molar refractivity (Wildman–Crippen MR) is 80.9 cm³/mol. The van der Waals surface area contributed by atoms with E-state index in [1.54, 1.807) is 6.20 Å². The molecular formula is C15H23N5O. The summed E-state index contributed by atoms with van der Waals surface area (Å²) < 4.78 is 0. The van der Waals surface area contributed by atoms with Gasteiger partial charge in [0.25, 0.3) is 0 Å². The van der Waals surface area contributed by atoms with E-state index in [9.17, 15) is 4.79 Å². The molecule has 3 rings (SSSR count). The summed E-state index contributed by atoms with van der Waals surface area (Å²) in [6.07, 6.45) is 5.76. The summed E-state index contributed by atoms with van der Waals surface area (Å²) in [5.41, 5.74) is 0. The van der Waals surface area contributed by atoms with Gasteiger partial charge in [0, 0.05) is 31.9 Å². The SMILES string of the molecule is O=C(C1CCCNC1)N1CCC(Nc2cccnn2)CC1. The number of anilines is 1. The second-order valence-electron chi connectivity index (χ2n) is 5.90. The Bertz CT molecular complexity index is 452. The van der Waals surface area contributed by atoms with Crippen molar-refractivity contribution in [3.05, 3.63) is 18.3 Å². The Morgan fingerprint density at radius 3 is 2.86 bits per heavy atom. The molecule has 0 aliphatic carbocycles. The van der Waals surface area contributed by atoms with Gasteiger partial charge in [-0.05, 0) is 44.4 Å². The highest BCUT2D eigenvalue weighted by Gasteiger charge is 2.29. The number of likely N-dealkylation sites (tertiary alicyclic amines) is 1. The topological polar surface area (TPSA) is 70.2 Å². The number of piperidine rings is 2. The van der Waals surface area contributed by atoms with E-state index >= 15 is 0 Å². The molecule has 2 aliphatic heterocycles. The van der Waals surface area contributed by atoms with Crippen molar-refractivity contribution >= 4 is 11.7 Å². The van der Waals surface area contributed by atoms with E-state index in [1.807, 2.05) is 17.0 Å². The zero-order valence-corrected chi connectivity index (χ0v) is 12.3. The maximum absolute atomic E-state index is 12.5. The van der Waals surface area contributed by atoms with Gasteiger partial charge in [0.15, 0.2) is 0 Å². The number of carbonyl (C=O) groups excluding carboxylic acids is 1. The maximum Gasteiger partial charge on any atom is 0.226 e. The number of hydrogen-bond acceptors (Lipinski definition) is 5. The van der Waals surface area contributed by atoms with E-state index in [1.165, 1.54) is 0 Å². The van der Waals surface area contributed by atoms with E-state index in [-0.39, 0.29) is 5.92 Å². The second kappa shape index (κ2) is 6.85. The predicted octanol–water partition coefficient (Wildman–Crippen LogP) is 0.879. The Kier molecular flexibility index (Phi) is 4.65. The molecule has 1 unspecified atom stereocenters. The highest BCUT2D eigenvalue weighted by molar-refractivity contribution is 5.79. The quantitative estimate of drug-likeness (QED) is 0.864. The third kappa shape index (κ3) is 3.69. The summed E-state index contributed by atoms with van der Waals surface area (Å²) in [5, 5.41) is 14.6. The first-order chi connectivity index (χ1) is 10.3. The first-order valence-corrected chi connectivity index (χ1v) is 7.86. The van der Waals surface area contributed by atoms with Crippen molar-refractivity contribution in [1.29, 1.82) is 0 Å². The van der Waals surface area contributed by atoms with Crippen molar-refractivity contribution < 1.29 is 4.79 Å². The van der Waals surface area contributed by atoms with Gasteiger partial charge in [-0.1, -0.05) is 0 Å². The van der Waals surface area contributed by atoms with Gasteiger partial charge < -0.3 is 15.5 Å². The molecule has 0 radical (unpaired) electrons. The Labute approximate surface area is 125 Å². The molecule has 6 heteroatoms. The van der Waals surface area contributed by atoms with Crippen LogP contribution in [0.2, 0.25) is 0 Å². The van der Waals surface area contributed by atoms with Crippen LogP contribution < -0.4 is 10.6 Å². The lowest BCUT2D eigenvalue weighted by atomic mass is 9.96. The van der Waals surface area contributed by atoms with Crippen LogP contribution in [0.15, 0.2) is 18.3 Å². The molecule has 2 aliphatic rings. The third-order valence-corrected chi connectivity index (χ3v) is 4.38. The lowest BCUT2D eigenvalue weighted by Gasteiger charge is -2.35. The summed E-state index contributed by atoms with van der Waals surface area (Å²) in [4.78, 5) is 14.5. The monoisotopic (exact) mass is 289 g/mol. The van der Waals surface area contributed by atoms with Crippen molar-refractivity contribution in [2.75, 3.05) is 31.5 Å². The molecule has 2 N–H and O–H groups in total. The Morgan fingerprint density at radius 1 is 1.33 bits per heavy atom. The lowest BCUT2D eigenvalue weighted by molar-refractivity contribution is -0.137. The number of carbonyl (C=O) groups is 1. The standard InChI is InChI=1S/C15H23N5O/c21-15(12-3-1-7-16-11-12)20-9-5-13(6-10-20)18-14-4-2-8-17-19-14/h2,4,8,12-13,16H,1,3,5-7,9-11H2,(H,18,19). The van der Waals surface area contributed by atoms with Crippen molar-refractivity contribution in [3.8, 4) is 0 Å². The fourth-order valence-corrected chi connectivity index (χ4v) is 3.15. The van der Waals surface area contributed by atoms with Crippen LogP contribution in [-0.4, -0.2) is 53.2 Å². The number of aromatic nitrogens is 2. The first kappa shape index (κ1) is 14.3. The smallest absolute Gasteiger partial charge is 0.226 e. The number of rotatable bonds is 3. The molecule has 0 bridgehead atoms. The largest absolute Gasteiger partial charge is 0.366 e. The average molecular weight is 289 g/mol. The molecular weight excluding hydrogens is 266 g/mol. The van der Waals surface area contributed by atoms with Crippen LogP contribution in [-0.2, 0) is 4.79 Å². The van der Waals surface area contributed by atoms with E-state index in [0.717, 1.165) is 57.7 Å². The molecule has 1 amide bonds. The molecule has 0 saturated carbocycles. The van der Waals surface area contributed by atoms with Gasteiger partial charge >= 0.3 is 0 Å². The molecule has 2 fully saturated rings. The first-order valence-electron chi connectivity index (χ1n) is 7.86. The molecule has 1 atom stereocenters. The molecule has 1 aromatic heterocycles. The van der Waals surface area contributed by atoms with Crippen LogP contribution in [0.25, 0.3) is 0 Å². The number of nitrogens with one attached hydrogen (secondary N) is 2. The zero-order chi connectivity index (χ0) is 14.5. The van der Waals surface area contributed by atoms with E-state index in [4.69, 9.17) is 0 Å². The molecule has 6 nitrogen and oxygen atoms in total. The molecule has 1 aromatic rings. The van der Waals surface area contributed by atoms with Gasteiger partial charge in [0.05, 0.1) is 5.92 Å². The van der Waals surface area contributed by atoms with Crippen molar-refractivity contribution in [2.24, 2.45) is 5.92 Å². The van der Waals surface area contributed by atoms with Gasteiger partial charge in [-0.2, -0.15) is 5.10 Å². The highest BCUT2D eigenvalue weighted by Crippen LogP contribution is 2.19. The summed E-state index contributed by atoms with van der Waals surface area (Å²) in [6.45, 7) is 3.57. The van der Waals surface area contributed by atoms with E-state index in [2.05, 4.69) is 20.8 Å². The summed E-state index contributed by atoms with van der Waals surface area (Å²) in [6, 6.07) is 4.19. The molecule has 0 aromatic carbocycles. The van der Waals surface area contributed by atoms with Gasteiger partial charge in [-0.3, -0.25) is 4.79 Å². The van der Waals surface area contributed by atoms with Crippen LogP contribution in [0.4, 0.5) is 5.82 Å². The number of nitrogens with zero attached hydrogens (tertiary/aromatic N) is 3. The highest BCUT2D eigenvalue weighted by atomic mass is 16.2. The number of hydrogen-bond donors (Lipinski definition) is 2. The Hall–Kier alpha value is -1.69. The fourth-order valence-electron chi connectivity index (χ4n) is 3.15. The molecule has 114 valence electrons. The van der Waals surface area contributed by atoms with Crippen LogP contribution in [0.5, 0.6) is 0 Å². The van der Waals surface area contributed by atoms with E-state index in [0.29, 0.717) is 11.9 Å². The van der Waals surface area contributed by atoms with Gasteiger partial charge in [-0.25, -0.2) is 0 Å². The van der Waals surface area contributed by atoms with E-state index < -0.39 is 0 Å². The normalized spacial score (nSPS) is 23.8. The number of amides is 1. The zero-order valence-electron chi connectivity index (χ0n) is 12.3. The molecule has 21 heavy (non-hydrogen) atoms. The average Bonchev–Trinajstić information content (AvgIpc) is 2.57. The van der Waals surface area contributed by atoms with Gasteiger partial charge in [0.2, 0.25) is 5.91 Å². The van der Waals surface area contributed by atoms with Crippen molar-refractivity contribution in [3.63, 3.8) is 0 Å². The maximum atomic E-state index is 12.5. The lowest BCUT2D eigenvalue weighted by Crippen LogP contribution is -2.47. The minimum Gasteiger partial charge on any atom is -0.366 e. The second-order valence-corrected chi connectivity index (χ2v) is 5.90. The van der Waals surface area contributed by atoms with Crippen LogP contribution in [0, 0.1) is 5.92 Å². The third-order valence-electron chi connectivity index (χ3n) is 4.38. The summed E-state index contributed by atoms with van der Waals surface area (Å²) in [5.74, 6) is 1.34. The Balaban J connectivity index is 1.47. The molecule has 3 heterocycles. The minimum atomic E-state index is 0.184. The summed E-state index contributed by atoms with van der Waals surface area (Å²) in [7, 11) is 0. The summed E-state index contributed by atoms with van der Waals surface area (Å²) >= 11 is 0. The van der Waals surface area contributed by atoms with Gasteiger partial charge in [0.1, 0.15) is 5.82 Å². The van der Waals surface area contributed by atoms with Gasteiger partial charge in [-0.15, -0.1) is 5.10 Å². The van der Waals surface area contributed by atoms with Crippen LogP contribution in [0.1, 0.15) is 25.7 Å². The fraction of sp³-hybridized carbons (Fsp3) is 0.667. The molecule has 2 saturated heterocycles. The minimum absolute atomic E-state index is 0.184. The Morgan fingerprint density at radius 2 is 2.19 bits per heavy atom. The van der Waals surface area contributed by atoms with Crippen molar-refractivity contribution in [1.82, 2.24) is 20.4 Å². The van der Waals surface area contributed by atoms with Crippen LogP contribution in [0.3, 0.4) is 0 Å². The van der Waals surface area contributed by atoms with Crippen LogP contribution >= 0.6 is 0 Å². The molecule has 0 spiro atoms.